The highest BCUT2D eigenvalue weighted by Gasteiger charge is 2.11. The number of nitrogens with zero attached hydrogens (tertiary/aromatic N) is 3. The van der Waals surface area contributed by atoms with Crippen LogP contribution in [0.4, 0.5) is 0 Å². The van der Waals surface area contributed by atoms with Crippen molar-refractivity contribution >= 4 is 53.1 Å². The average Bonchev–Trinajstić information content (AvgIpc) is 2.98. The summed E-state index contributed by atoms with van der Waals surface area (Å²) < 4.78 is 7.30. The number of nitrogens with one attached hydrogen (secondary N) is 2. The second-order valence-electron chi connectivity index (χ2n) is 7.09. The molecule has 3 rings (SSSR count). The van der Waals surface area contributed by atoms with Crippen LogP contribution in [0.15, 0.2) is 35.3 Å². The molecule has 30 heavy (non-hydrogen) atoms. The van der Waals surface area contributed by atoms with Crippen LogP contribution in [-0.4, -0.2) is 48.3 Å². The Morgan fingerprint density at radius 2 is 1.87 bits per heavy atom. The van der Waals surface area contributed by atoms with E-state index in [1.807, 2.05) is 17.7 Å². The lowest BCUT2D eigenvalue weighted by atomic mass is 10.1. The van der Waals surface area contributed by atoms with Gasteiger partial charge >= 0.3 is 0 Å². The number of hydrogen-bond donors (Lipinski definition) is 2. The van der Waals surface area contributed by atoms with Crippen molar-refractivity contribution < 1.29 is 4.74 Å². The molecule has 0 atom stereocenters. The summed E-state index contributed by atoms with van der Waals surface area (Å²) in [5.41, 5.74) is 3.50. The zero-order valence-electron chi connectivity index (χ0n) is 17.5. The number of aliphatic imine (C=N–C) groups is 1. The summed E-state index contributed by atoms with van der Waals surface area (Å²) in [4.78, 5) is 7.16. The van der Waals surface area contributed by atoms with Crippen LogP contribution in [0.2, 0.25) is 10.2 Å². The van der Waals surface area contributed by atoms with Crippen molar-refractivity contribution in [3.05, 3.63) is 57.3 Å². The molecule has 0 saturated carbocycles. The fourth-order valence-corrected chi connectivity index (χ4v) is 3.70. The molecule has 0 spiro atoms. The van der Waals surface area contributed by atoms with E-state index in [2.05, 4.69) is 46.7 Å². The summed E-state index contributed by atoms with van der Waals surface area (Å²) in [5, 5.41) is 7.74. The molecular weight excluding hydrogens is 536 g/mol. The maximum Gasteiger partial charge on any atom is 0.191 e. The Kier molecular flexibility index (Phi) is 10.7. The van der Waals surface area contributed by atoms with Crippen LogP contribution in [0.3, 0.4) is 0 Å². The van der Waals surface area contributed by atoms with Gasteiger partial charge in [0.25, 0.3) is 0 Å². The first-order chi connectivity index (χ1) is 14.1. The summed E-state index contributed by atoms with van der Waals surface area (Å²) in [7, 11) is 1.90. The molecule has 2 aromatic rings. The van der Waals surface area contributed by atoms with Crippen molar-refractivity contribution in [1.82, 2.24) is 20.1 Å². The normalized spacial score (nSPS) is 15.0. The summed E-state index contributed by atoms with van der Waals surface area (Å²) in [6.07, 6.45) is 0. The SMILES string of the molecule is CCNC(=NCc1cccc(CN2CCOCC2)c1)NCc1cc(Cl)c(Cl)n1C.I. The molecule has 2 N–H and O–H groups in total. The van der Waals surface area contributed by atoms with Crippen molar-refractivity contribution in [2.24, 2.45) is 12.0 Å². The van der Waals surface area contributed by atoms with Gasteiger partial charge in [-0.1, -0.05) is 47.5 Å². The predicted octanol–water partition coefficient (Wildman–Crippen LogP) is 4.04. The zero-order chi connectivity index (χ0) is 20.6. The fourth-order valence-electron chi connectivity index (χ4n) is 3.29. The second-order valence-corrected chi connectivity index (χ2v) is 7.86. The van der Waals surface area contributed by atoms with Gasteiger partial charge in [0.1, 0.15) is 5.15 Å². The van der Waals surface area contributed by atoms with Gasteiger partial charge in [-0.25, -0.2) is 4.99 Å². The number of halogens is 3. The number of ether oxygens (including phenoxy) is 1. The smallest absolute Gasteiger partial charge is 0.191 e. The molecular formula is C21H30Cl2IN5O. The lowest BCUT2D eigenvalue weighted by Gasteiger charge is -2.26. The standard InChI is InChI=1S/C21H29Cl2N5O.HI/c1-3-24-21(26-14-18-12-19(22)20(23)27(18)2)25-13-16-5-4-6-17(11-16)15-28-7-9-29-10-8-28;/h4-6,11-12H,3,7-10,13-15H2,1-2H3,(H2,24,25,26);1H. The second kappa shape index (κ2) is 12.8. The number of benzene rings is 1. The molecule has 0 amide bonds. The number of hydrogen-bond acceptors (Lipinski definition) is 3. The Morgan fingerprint density at radius 3 is 2.53 bits per heavy atom. The van der Waals surface area contributed by atoms with Gasteiger partial charge in [-0.15, -0.1) is 24.0 Å². The molecule has 1 aliphatic heterocycles. The van der Waals surface area contributed by atoms with Gasteiger partial charge in [-0.05, 0) is 24.1 Å². The molecule has 9 heteroatoms. The molecule has 6 nitrogen and oxygen atoms in total. The first kappa shape index (κ1) is 25.3. The number of morpholine rings is 1. The first-order valence-electron chi connectivity index (χ1n) is 9.96. The lowest BCUT2D eigenvalue weighted by molar-refractivity contribution is 0.0342. The largest absolute Gasteiger partial charge is 0.379 e. The lowest BCUT2D eigenvalue weighted by Crippen LogP contribution is -2.37. The third kappa shape index (κ3) is 7.30. The van der Waals surface area contributed by atoms with Crippen LogP contribution in [-0.2, 0) is 31.4 Å². The Labute approximate surface area is 206 Å². The molecule has 1 aromatic heterocycles. The Morgan fingerprint density at radius 1 is 1.13 bits per heavy atom. The zero-order valence-corrected chi connectivity index (χ0v) is 21.3. The maximum atomic E-state index is 6.15. The fraction of sp³-hybridized carbons (Fsp3) is 0.476. The van der Waals surface area contributed by atoms with E-state index in [1.54, 1.807) is 0 Å². The molecule has 1 fully saturated rings. The molecule has 1 aromatic carbocycles. The Bertz CT molecular complexity index is 837. The van der Waals surface area contributed by atoms with Gasteiger partial charge in [-0.3, -0.25) is 4.90 Å². The third-order valence-corrected chi connectivity index (χ3v) is 5.76. The van der Waals surface area contributed by atoms with Crippen LogP contribution >= 0.6 is 47.2 Å². The minimum absolute atomic E-state index is 0. The van der Waals surface area contributed by atoms with Crippen molar-refractivity contribution in [1.29, 1.82) is 0 Å². The Balaban J connectivity index is 0.00000320. The summed E-state index contributed by atoms with van der Waals surface area (Å²) in [6.45, 7) is 8.61. The summed E-state index contributed by atoms with van der Waals surface area (Å²) in [5.74, 6) is 0.763. The van der Waals surface area contributed by atoms with E-state index in [0.717, 1.165) is 51.0 Å². The van der Waals surface area contributed by atoms with E-state index < -0.39 is 0 Å². The van der Waals surface area contributed by atoms with Crippen LogP contribution in [0.1, 0.15) is 23.7 Å². The summed E-state index contributed by atoms with van der Waals surface area (Å²) >= 11 is 12.2. The van der Waals surface area contributed by atoms with Crippen LogP contribution in [0.5, 0.6) is 0 Å². The number of rotatable bonds is 7. The van der Waals surface area contributed by atoms with E-state index >= 15 is 0 Å². The Hall–Kier alpha value is -1.000. The van der Waals surface area contributed by atoms with Crippen LogP contribution in [0.25, 0.3) is 0 Å². The molecule has 0 aliphatic carbocycles. The van der Waals surface area contributed by atoms with Gasteiger partial charge < -0.3 is 19.9 Å². The minimum atomic E-state index is 0. The van der Waals surface area contributed by atoms with Gasteiger partial charge in [0.05, 0.1) is 31.3 Å². The highest BCUT2D eigenvalue weighted by Crippen LogP contribution is 2.24. The minimum Gasteiger partial charge on any atom is -0.379 e. The molecule has 0 radical (unpaired) electrons. The predicted molar refractivity (Wildman–Crippen MR) is 135 cm³/mol. The molecule has 1 saturated heterocycles. The van der Waals surface area contributed by atoms with E-state index in [-0.39, 0.29) is 24.0 Å². The number of aromatic nitrogens is 1. The third-order valence-electron chi connectivity index (χ3n) is 4.92. The monoisotopic (exact) mass is 565 g/mol. The van der Waals surface area contributed by atoms with Gasteiger partial charge in [0, 0.05) is 38.9 Å². The first-order valence-corrected chi connectivity index (χ1v) is 10.7. The highest BCUT2D eigenvalue weighted by atomic mass is 127. The van der Waals surface area contributed by atoms with Gasteiger partial charge in [0.15, 0.2) is 5.96 Å². The number of guanidine groups is 1. The van der Waals surface area contributed by atoms with E-state index in [9.17, 15) is 0 Å². The summed E-state index contributed by atoms with van der Waals surface area (Å²) in [6, 6.07) is 10.5. The van der Waals surface area contributed by atoms with Crippen molar-refractivity contribution in [3.8, 4) is 0 Å². The van der Waals surface area contributed by atoms with Gasteiger partial charge in [0.2, 0.25) is 0 Å². The molecule has 0 bridgehead atoms. The topological polar surface area (TPSA) is 53.8 Å². The van der Waals surface area contributed by atoms with Gasteiger partial charge in [-0.2, -0.15) is 0 Å². The molecule has 2 heterocycles. The quantitative estimate of drug-likeness (QED) is 0.302. The maximum absolute atomic E-state index is 6.15. The van der Waals surface area contributed by atoms with Crippen molar-refractivity contribution in [2.75, 3.05) is 32.8 Å². The van der Waals surface area contributed by atoms with Crippen molar-refractivity contribution in [2.45, 2.75) is 26.6 Å². The average molecular weight is 566 g/mol. The van der Waals surface area contributed by atoms with E-state index in [1.165, 1.54) is 11.1 Å². The molecule has 166 valence electrons. The van der Waals surface area contributed by atoms with E-state index in [4.69, 9.17) is 32.9 Å². The van der Waals surface area contributed by atoms with Crippen LogP contribution < -0.4 is 10.6 Å². The van der Waals surface area contributed by atoms with Crippen molar-refractivity contribution in [3.63, 3.8) is 0 Å². The molecule has 0 unspecified atom stereocenters. The van der Waals surface area contributed by atoms with Crippen LogP contribution in [0, 0.1) is 0 Å². The molecule has 1 aliphatic rings. The van der Waals surface area contributed by atoms with E-state index in [0.29, 0.717) is 23.3 Å². The highest BCUT2D eigenvalue weighted by molar-refractivity contribution is 14.0.